The van der Waals surface area contributed by atoms with Crippen LogP contribution in [-0.2, 0) is 9.53 Å². The average molecular weight is 297 g/mol. The SMILES string of the molecule is CC(C)CC(CNC(=O)C1CCCO1)N1CCN(C)CC1. The van der Waals surface area contributed by atoms with Crippen LogP contribution < -0.4 is 5.32 Å². The van der Waals surface area contributed by atoms with Gasteiger partial charge in [0.25, 0.3) is 0 Å². The van der Waals surface area contributed by atoms with Crippen molar-refractivity contribution in [3.8, 4) is 0 Å². The number of amides is 1. The first-order valence-electron chi connectivity index (χ1n) is 8.38. The Labute approximate surface area is 129 Å². The summed E-state index contributed by atoms with van der Waals surface area (Å²) in [6, 6.07) is 0.448. The Balaban J connectivity index is 1.82. The van der Waals surface area contributed by atoms with Crippen LogP contribution in [0, 0.1) is 5.92 Å². The largest absolute Gasteiger partial charge is 0.368 e. The van der Waals surface area contributed by atoms with E-state index in [1.165, 1.54) is 0 Å². The molecule has 1 amide bonds. The Kier molecular flexibility index (Phi) is 6.45. The lowest BCUT2D eigenvalue weighted by molar-refractivity contribution is -0.130. The maximum atomic E-state index is 12.1. The molecule has 0 saturated carbocycles. The van der Waals surface area contributed by atoms with Crippen molar-refractivity contribution in [2.75, 3.05) is 46.4 Å². The standard InChI is InChI=1S/C16H31N3O2/c1-13(2)11-14(19-8-6-18(3)7-9-19)12-17-16(20)15-5-4-10-21-15/h13-15H,4-12H2,1-3H3,(H,17,20). The molecule has 2 saturated heterocycles. The fourth-order valence-electron chi connectivity index (χ4n) is 3.21. The monoisotopic (exact) mass is 297 g/mol. The van der Waals surface area contributed by atoms with Gasteiger partial charge in [0.15, 0.2) is 0 Å². The highest BCUT2D eigenvalue weighted by molar-refractivity contribution is 5.80. The van der Waals surface area contributed by atoms with E-state index in [1.807, 2.05) is 0 Å². The average Bonchev–Trinajstić information content (AvgIpc) is 2.98. The number of nitrogens with one attached hydrogen (secondary N) is 1. The van der Waals surface area contributed by atoms with Gasteiger partial charge in [-0.25, -0.2) is 0 Å². The Hall–Kier alpha value is -0.650. The number of likely N-dealkylation sites (N-methyl/N-ethyl adjacent to an activating group) is 1. The summed E-state index contributed by atoms with van der Waals surface area (Å²) < 4.78 is 5.46. The van der Waals surface area contributed by atoms with Gasteiger partial charge < -0.3 is 15.0 Å². The minimum atomic E-state index is -0.211. The number of carbonyl (C=O) groups excluding carboxylic acids is 1. The second-order valence-electron chi connectivity index (χ2n) is 6.87. The molecule has 21 heavy (non-hydrogen) atoms. The molecule has 5 nitrogen and oxygen atoms in total. The summed E-state index contributed by atoms with van der Waals surface area (Å²) in [6.07, 6.45) is 2.80. The van der Waals surface area contributed by atoms with Gasteiger partial charge in [0.2, 0.25) is 5.91 Å². The Bertz CT molecular complexity index is 321. The lowest BCUT2D eigenvalue weighted by Crippen LogP contribution is -2.53. The molecule has 0 aromatic rings. The number of rotatable bonds is 6. The molecule has 0 bridgehead atoms. The lowest BCUT2D eigenvalue weighted by atomic mass is 10.0. The van der Waals surface area contributed by atoms with Crippen molar-refractivity contribution in [3.63, 3.8) is 0 Å². The molecule has 2 aliphatic heterocycles. The highest BCUT2D eigenvalue weighted by atomic mass is 16.5. The van der Waals surface area contributed by atoms with Gasteiger partial charge in [0.05, 0.1) is 0 Å². The van der Waals surface area contributed by atoms with E-state index in [0.717, 1.165) is 58.6 Å². The zero-order chi connectivity index (χ0) is 15.2. The van der Waals surface area contributed by atoms with Gasteiger partial charge in [0.1, 0.15) is 6.10 Å². The first-order valence-corrected chi connectivity index (χ1v) is 8.38. The van der Waals surface area contributed by atoms with Crippen LogP contribution in [0.1, 0.15) is 33.1 Å². The van der Waals surface area contributed by atoms with E-state index in [2.05, 4.69) is 36.0 Å². The van der Waals surface area contributed by atoms with E-state index in [0.29, 0.717) is 12.0 Å². The number of ether oxygens (including phenoxy) is 1. The molecule has 0 radical (unpaired) electrons. The molecular formula is C16H31N3O2. The van der Waals surface area contributed by atoms with Crippen molar-refractivity contribution in [2.24, 2.45) is 5.92 Å². The van der Waals surface area contributed by atoms with Crippen LogP contribution >= 0.6 is 0 Å². The lowest BCUT2D eigenvalue weighted by Gasteiger charge is -2.38. The first-order chi connectivity index (χ1) is 10.1. The molecule has 122 valence electrons. The van der Waals surface area contributed by atoms with E-state index in [9.17, 15) is 4.79 Å². The van der Waals surface area contributed by atoms with Crippen molar-refractivity contribution in [1.82, 2.24) is 15.1 Å². The molecule has 2 atom stereocenters. The van der Waals surface area contributed by atoms with Crippen LogP contribution in [0.25, 0.3) is 0 Å². The molecule has 2 aliphatic rings. The first kappa shape index (κ1) is 16.7. The van der Waals surface area contributed by atoms with Crippen molar-refractivity contribution in [1.29, 1.82) is 0 Å². The quantitative estimate of drug-likeness (QED) is 0.793. The van der Waals surface area contributed by atoms with E-state index < -0.39 is 0 Å². The molecule has 0 aliphatic carbocycles. The number of nitrogens with zero attached hydrogens (tertiary/aromatic N) is 2. The van der Waals surface area contributed by atoms with E-state index >= 15 is 0 Å². The van der Waals surface area contributed by atoms with Gasteiger partial charge in [-0.15, -0.1) is 0 Å². The molecule has 5 heteroatoms. The highest BCUT2D eigenvalue weighted by Crippen LogP contribution is 2.15. The van der Waals surface area contributed by atoms with Gasteiger partial charge in [-0.05, 0) is 32.2 Å². The molecule has 0 aromatic heterocycles. The summed E-state index contributed by atoms with van der Waals surface area (Å²) in [5.74, 6) is 0.727. The summed E-state index contributed by atoms with van der Waals surface area (Å²) in [6.45, 7) is 10.4. The normalized spacial score (nSPS) is 26.2. The molecule has 2 unspecified atom stereocenters. The number of carbonyl (C=O) groups is 1. The maximum absolute atomic E-state index is 12.1. The summed E-state index contributed by atoms with van der Waals surface area (Å²) in [7, 11) is 2.17. The Morgan fingerprint density at radius 3 is 2.57 bits per heavy atom. The van der Waals surface area contributed by atoms with E-state index in [4.69, 9.17) is 4.74 Å². The minimum Gasteiger partial charge on any atom is -0.368 e. The van der Waals surface area contributed by atoms with Crippen molar-refractivity contribution >= 4 is 5.91 Å². The van der Waals surface area contributed by atoms with Gasteiger partial charge >= 0.3 is 0 Å². The molecular weight excluding hydrogens is 266 g/mol. The van der Waals surface area contributed by atoms with Crippen LogP contribution in [-0.4, -0.2) is 74.2 Å². The fourth-order valence-corrected chi connectivity index (χ4v) is 3.21. The Morgan fingerprint density at radius 2 is 2.00 bits per heavy atom. The maximum Gasteiger partial charge on any atom is 0.249 e. The second kappa shape index (κ2) is 8.11. The molecule has 2 rings (SSSR count). The molecule has 1 N–H and O–H groups in total. The summed E-state index contributed by atoms with van der Waals surface area (Å²) >= 11 is 0. The highest BCUT2D eigenvalue weighted by Gasteiger charge is 2.27. The number of piperazine rings is 1. The molecule has 0 aromatic carbocycles. The van der Waals surface area contributed by atoms with Crippen molar-refractivity contribution in [3.05, 3.63) is 0 Å². The van der Waals surface area contributed by atoms with E-state index in [-0.39, 0.29) is 12.0 Å². The minimum absolute atomic E-state index is 0.0791. The summed E-state index contributed by atoms with van der Waals surface area (Å²) in [5.41, 5.74) is 0. The predicted molar refractivity (Wildman–Crippen MR) is 84.3 cm³/mol. The van der Waals surface area contributed by atoms with Gasteiger partial charge in [-0.3, -0.25) is 9.69 Å². The number of hydrogen-bond acceptors (Lipinski definition) is 4. The predicted octanol–water partition coefficient (Wildman–Crippen LogP) is 0.944. The van der Waals surface area contributed by atoms with Crippen LogP contribution in [0.2, 0.25) is 0 Å². The van der Waals surface area contributed by atoms with Crippen LogP contribution in [0.4, 0.5) is 0 Å². The third-order valence-electron chi connectivity index (χ3n) is 4.53. The zero-order valence-corrected chi connectivity index (χ0v) is 13.8. The van der Waals surface area contributed by atoms with Gasteiger partial charge in [-0.2, -0.15) is 0 Å². The summed E-state index contributed by atoms with van der Waals surface area (Å²) in [5, 5.41) is 3.12. The van der Waals surface area contributed by atoms with Crippen molar-refractivity contribution in [2.45, 2.75) is 45.3 Å². The fraction of sp³-hybridized carbons (Fsp3) is 0.938. The molecule has 2 heterocycles. The molecule has 0 spiro atoms. The second-order valence-corrected chi connectivity index (χ2v) is 6.87. The summed E-state index contributed by atoms with van der Waals surface area (Å²) in [4.78, 5) is 17.0. The van der Waals surface area contributed by atoms with Crippen LogP contribution in [0.15, 0.2) is 0 Å². The number of hydrogen-bond donors (Lipinski definition) is 1. The third-order valence-corrected chi connectivity index (χ3v) is 4.53. The van der Waals surface area contributed by atoms with Gasteiger partial charge in [0, 0.05) is 45.4 Å². The van der Waals surface area contributed by atoms with Gasteiger partial charge in [-0.1, -0.05) is 13.8 Å². The zero-order valence-electron chi connectivity index (χ0n) is 13.8. The molecule has 2 fully saturated rings. The third kappa shape index (κ3) is 5.24. The van der Waals surface area contributed by atoms with Crippen molar-refractivity contribution < 1.29 is 9.53 Å². The topological polar surface area (TPSA) is 44.8 Å². The van der Waals surface area contributed by atoms with Crippen LogP contribution in [0.5, 0.6) is 0 Å². The Morgan fingerprint density at radius 1 is 1.29 bits per heavy atom. The van der Waals surface area contributed by atoms with Crippen LogP contribution in [0.3, 0.4) is 0 Å². The van der Waals surface area contributed by atoms with E-state index in [1.54, 1.807) is 0 Å². The smallest absolute Gasteiger partial charge is 0.249 e.